The maximum Gasteiger partial charge on any atom is 0.131 e. The van der Waals surface area contributed by atoms with E-state index >= 15 is 0 Å². The highest BCUT2D eigenvalue weighted by Gasteiger charge is 2.04. The molecule has 3 rings (SSSR count). The molecular weight excluding hydrogens is 317 g/mol. The van der Waals surface area contributed by atoms with Gasteiger partial charge in [-0.1, -0.05) is 65.7 Å². The summed E-state index contributed by atoms with van der Waals surface area (Å²) in [6.45, 7) is 0.530. The fourth-order valence-electron chi connectivity index (χ4n) is 2.14. The van der Waals surface area contributed by atoms with Crippen LogP contribution in [-0.2, 0) is 6.61 Å². The Morgan fingerprint density at radius 1 is 0.773 bits per heavy atom. The van der Waals surface area contributed by atoms with E-state index in [-0.39, 0.29) is 0 Å². The molecule has 110 valence electrons. The van der Waals surface area contributed by atoms with Crippen molar-refractivity contribution in [2.45, 2.75) is 6.61 Å². The first-order valence-electron chi connectivity index (χ1n) is 6.81. The largest absolute Gasteiger partial charge is 0.489 e. The molecular formula is C18H13Cl2NO. The van der Waals surface area contributed by atoms with Gasteiger partial charge in [0.2, 0.25) is 0 Å². The minimum atomic E-state index is 0.373. The Kier molecular flexibility index (Phi) is 4.62. The number of pyridine rings is 1. The van der Waals surface area contributed by atoms with E-state index in [0.717, 1.165) is 22.4 Å². The molecule has 0 spiro atoms. The Bertz CT molecular complexity index is 755. The van der Waals surface area contributed by atoms with Crippen LogP contribution in [0.15, 0.2) is 66.7 Å². The molecule has 0 bridgehead atoms. The molecule has 0 radical (unpaired) electrons. The Morgan fingerprint density at radius 2 is 1.50 bits per heavy atom. The highest BCUT2D eigenvalue weighted by Crippen LogP contribution is 2.27. The third-order valence-electron chi connectivity index (χ3n) is 3.18. The maximum absolute atomic E-state index is 5.95. The van der Waals surface area contributed by atoms with Crippen LogP contribution in [0.25, 0.3) is 11.1 Å². The van der Waals surface area contributed by atoms with Gasteiger partial charge in [-0.05, 0) is 41.0 Å². The zero-order valence-electron chi connectivity index (χ0n) is 11.7. The van der Waals surface area contributed by atoms with Crippen LogP contribution in [0.2, 0.25) is 10.3 Å². The van der Waals surface area contributed by atoms with Gasteiger partial charge in [0, 0.05) is 0 Å². The second kappa shape index (κ2) is 6.82. The van der Waals surface area contributed by atoms with Gasteiger partial charge in [-0.25, -0.2) is 4.98 Å². The average molecular weight is 330 g/mol. The number of rotatable bonds is 4. The summed E-state index contributed by atoms with van der Waals surface area (Å²) in [5.41, 5.74) is 3.02. The number of hydrogen-bond donors (Lipinski definition) is 0. The van der Waals surface area contributed by atoms with Crippen LogP contribution in [-0.4, -0.2) is 4.98 Å². The minimum absolute atomic E-state index is 0.373. The Hall–Kier alpha value is -2.03. The second-order valence-corrected chi connectivity index (χ2v) is 5.58. The van der Waals surface area contributed by atoms with Gasteiger partial charge in [-0.2, -0.15) is 0 Å². The quantitative estimate of drug-likeness (QED) is 0.578. The lowest BCUT2D eigenvalue weighted by atomic mass is 10.1. The van der Waals surface area contributed by atoms with E-state index in [1.54, 1.807) is 12.1 Å². The predicted molar refractivity (Wildman–Crippen MR) is 90.5 cm³/mol. The van der Waals surface area contributed by atoms with Gasteiger partial charge in [0.1, 0.15) is 22.7 Å². The molecule has 1 heterocycles. The molecule has 0 aliphatic rings. The van der Waals surface area contributed by atoms with Crippen LogP contribution in [0.4, 0.5) is 0 Å². The van der Waals surface area contributed by atoms with E-state index in [0.29, 0.717) is 16.9 Å². The summed E-state index contributed by atoms with van der Waals surface area (Å²) < 4.78 is 5.83. The molecule has 0 saturated heterocycles. The zero-order chi connectivity index (χ0) is 15.4. The second-order valence-electron chi connectivity index (χ2n) is 4.80. The lowest BCUT2D eigenvalue weighted by Gasteiger charge is -2.09. The monoisotopic (exact) mass is 329 g/mol. The van der Waals surface area contributed by atoms with Crippen LogP contribution in [0.5, 0.6) is 5.75 Å². The van der Waals surface area contributed by atoms with E-state index in [2.05, 4.69) is 4.98 Å². The number of nitrogens with zero attached hydrogens (tertiary/aromatic N) is 1. The lowest BCUT2D eigenvalue weighted by molar-refractivity contribution is 0.306. The van der Waals surface area contributed by atoms with E-state index in [1.807, 2.05) is 54.6 Å². The molecule has 0 unspecified atom stereocenters. The standard InChI is InChI=1S/C18H13Cl2NO/c19-17-10-15(11-18(20)21-17)14-7-4-8-16(9-14)22-12-13-5-2-1-3-6-13/h1-11H,12H2. The molecule has 0 aliphatic carbocycles. The first kappa shape index (κ1) is 14.9. The molecule has 0 amide bonds. The maximum atomic E-state index is 5.95. The predicted octanol–water partition coefficient (Wildman–Crippen LogP) is 5.63. The SMILES string of the molecule is Clc1cc(-c2cccc(OCc3ccccc3)c2)cc(Cl)n1. The van der Waals surface area contributed by atoms with Crippen LogP contribution in [0.3, 0.4) is 0 Å². The minimum Gasteiger partial charge on any atom is -0.489 e. The Labute approximate surface area is 139 Å². The first-order valence-corrected chi connectivity index (χ1v) is 7.56. The molecule has 0 atom stereocenters. The van der Waals surface area contributed by atoms with E-state index in [1.165, 1.54) is 0 Å². The van der Waals surface area contributed by atoms with Crippen LogP contribution < -0.4 is 4.74 Å². The highest BCUT2D eigenvalue weighted by atomic mass is 35.5. The van der Waals surface area contributed by atoms with E-state index < -0.39 is 0 Å². The van der Waals surface area contributed by atoms with Crippen molar-refractivity contribution in [1.29, 1.82) is 0 Å². The van der Waals surface area contributed by atoms with Crippen LogP contribution in [0.1, 0.15) is 5.56 Å². The molecule has 22 heavy (non-hydrogen) atoms. The summed E-state index contributed by atoms with van der Waals surface area (Å²) in [5, 5.41) is 0.746. The summed E-state index contributed by atoms with van der Waals surface area (Å²) in [6.07, 6.45) is 0. The number of benzene rings is 2. The summed E-state index contributed by atoms with van der Waals surface area (Å²) in [7, 11) is 0. The summed E-state index contributed by atoms with van der Waals surface area (Å²) in [4.78, 5) is 3.96. The van der Waals surface area contributed by atoms with Crippen LogP contribution in [0, 0.1) is 0 Å². The van der Waals surface area contributed by atoms with Gasteiger partial charge >= 0.3 is 0 Å². The van der Waals surface area contributed by atoms with Gasteiger partial charge in [-0.3, -0.25) is 0 Å². The van der Waals surface area contributed by atoms with Gasteiger partial charge in [0.25, 0.3) is 0 Å². The van der Waals surface area contributed by atoms with Crippen molar-refractivity contribution in [3.05, 3.63) is 82.6 Å². The fourth-order valence-corrected chi connectivity index (χ4v) is 2.60. The third kappa shape index (κ3) is 3.79. The van der Waals surface area contributed by atoms with E-state index in [4.69, 9.17) is 27.9 Å². The average Bonchev–Trinajstić information content (AvgIpc) is 2.53. The first-order chi connectivity index (χ1) is 10.7. The Morgan fingerprint density at radius 3 is 2.23 bits per heavy atom. The number of hydrogen-bond acceptors (Lipinski definition) is 2. The van der Waals surface area contributed by atoms with Crippen molar-refractivity contribution in [3.63, 3.8) is 0 Å². The van der Waals surface area contributed by atoms with Gasteiger partial charge in [0.05, 0.1) is 0 Å². The van der Waals surface area contributed by atoms with Crippen molar-refractivity contribution in [1.82, 2.24) is 4.98 Å². The Balaban J connectivity index is 1.80. The van der Waals surface area contributed by atoms with Crippen molar-refractivity contribution >= 4 is 23.2 Å². The summed E-state index contributed by atoms with van der Waals surface area (Å²) in [5.74, 6) is 0.797. The van der Waals surface area contributed by atoms with Gasteiger partial charge < -0.3 is 4.74 Å². The molecule has 1 aromatic heterocycles. The number of halogens is 2. The normalized spacial score (nSPS) is 10.5. The fraction of sp³-hybridized carbons (Fsp3) is 0.0556. The molecule has 2 aromatic carbocycles. The van der Waals surface area contributed by atoms with E-state index in [9.17, 15) is 0 Å². The molecule has 2 nitrogen and oxygen atoms in total. The van der Waals surface area contributed by atoms with Crippen molar-refractivity contribution < 1.29 is 4.74 Å². The highest BCUT2D eigenvalue weighted by molar-refractivity contribution is 6.32. The van der Waals surface area contributed by atoms with Crippen LogP contribution >= 0.6 is 23.2 Å². The van der Waals surface area contributed by atoms with Gasteiger partial charge in [-0.15, -0.1) is 0 Å². The molecule has 0 aliphatic heterocycles. The summed E-state index contributed by atoms with van der Waals surface area (Å²) >= 11 is 11.9. The zero-order valence-corrected chi connectivity index (χ0v) is 13.2. The van der Waals surface area contributed by atoms with Crippen molar-refractivity contribution in [2.75, 3.05) is 0 Å². The lowest BCUT2D eigenvalue weighted by Crippen LogP contribution is -1.95. The molecule has 0 N–H and O–H groups in total. The molecule has 0 fully saturated rings. The van der Waals surface area contributed by atoms with Crippen molar-refractivity contribution in [2.24, 2.45) is 0 Å². The topological polar surface area (TPSA) is 22.1 Å². The molecule has 0 saturated carbocycles. The smallest absolute Gasteiger partial charge is 0.131 e. The third-order valence-corrected chi connectivity index (χ3v) is 3.57. The number of aromatic nitrogens is 1. The molecule has 3 aromatic rings. The summed E-state index contributed by atoms with van der Waals surface area (Å²) in [6, 6.07) is 21.4. The number of ether oxygens (including phenoxy) is 1. The molecule has 4 heteroatoms. The van der Waals surface area contributed by atoms with Gasteiger partial charge in [0.15, 0.2) is 0 Å². The van der Waals surface area contributed by atoms with Crippen molar-refractivity contribution in [3.8, 4) is 16.9 Å².